The molecule has 0 saturated heterocycles. The van der Waals surface area contributed by atoms with Crippen molar-refractivity contribution in [3.05, 3.63) is 63.4 Å². The number of rotatable bonds is 3. The second-order valence-electron chi connectivity index (χ2n) is 4.31. The van der Waals surface area contributed by atoms with E-state index in [0.717, 1.165) is 10.2 Å². The molecule has 0 aliphatic heterocycles. The van der Waals surface area contributed by atoms with Crippen LogP contribution in [0.4, 0.5) is 17.2 Å². The van der Waals surface area contributed by atoms with E-state index < -0.39 is 4.92 Å². The minimum Gasteiger partial charge on any atom is -0.340 e. The Balaban J connectivity index is 2.06. The van der Waals surface area contributed by atoms with Crippen LogP contribution in [0.3, 0.4) is 0 Å². The monoisotopic (exact) mass is 344 g/mol. The molecule has 6 nitrogen and oxygen atoms in total. The number of benzene rings is 2. The van der Waals surface area contributed by atoms with Gasteiger partial charge in [-0.05, 0) is 30.3 Å². The minimum atomic E-state index is -0.435. The van der Waals surface area contributed by atoms with Crippen LogP contribution in [-0.4, -0.2) is 14.9 Å². The number of aromatic nitrogens is 2. The maximum absolute atomic E-state index is 10.9. The summed E-state index contributed by atoms with van der Waals surface area (Å²) in [6, 6.07) is 12.1. The van der Waals surface area contributed by atoms with E-state index >= 15 is 0 Å². The van der Waals surface area contributed by atoms with Crippen molar-refractivity contribution < 1.29 is 4.92 Å². The zero-order valence-corrected chi connectivity index (χ0v) is 12.2. The first-order chi connectivity index (χ1) is 10.1. The average Bonchev–Trinajstić information content (AvgIpc) is 2.49. The van der Waals surface area contributed by atoms with Gasteiger partial charge in [-0.1, -0.05) is 15.9 Å². The highest BCUT2D eigenvalue weighted by molar-refractivity contribution is 9.10. The molecular formula is C14H9BrN4O2. The number of non-ortho nitro benzene ring substituents is 1. The van der Waals surface area contributed by atoms with Crippen LogP contribution < -0.4 is 5.32 Å². The molecule has 3 aromatic rings. The molecule has 1 aromatic heterocycles. The number of halogens is 1. The van der Waals surface area contributed by atoms with Gasteiger partial charge < -0.3 is 5.32 Å². The molecule has 0 spiro atoms. The van der Waals surface area contributed by atoms with Crippen LogP contribution in [-0.2, 0) is 0 Å². The summed E-state index contributed by atoms with van der Waals surface area (Å²) in [5.74, 6) is 0.533. The molecule has 0 unspecified atom stereocenters. The van der Waals surface area contributed by atoms with Crippen LogP contribution >= 0.6 is 15.9 Å². The fourth-order valence-electron chi connectivity index (χ4n) is 1.93. The predicted octanol–water partition coefficient (Wildman–Crippen LogP) is 4.04. The second-order valence-corrected chi connectivity index (χ2v) is 5.23. The van der Waals surface area contributed by atoms with Gasteiger partial charge in [0.1, 0.15) is 12.1 Å². The minimum absolute atomic E-state index is 0.0103. The zero-order valence-electron chi connectivity index (χ0n) is 10.7. The van der Waals surface area contributed by atoms with Crippen LogP contribution in [0.2, 0.25) is 0 Å². The van der Waals surface area contributed by atoms with E-state index in [1.807, 2.05) is 24.3 Å². The Morgan fingerprint density at radius 1 is 1.10 bits per heavy atom. The van der Waals surface area contributed by atoms with Gasteiger partial charge in [0.2, 0.25) is 0 Å². The third-order valence-electron chi connectivity index (χ3n) is 2.94. The number of nitrogens with zero attached hydrogens (tertiary/aromatic N) is 3. The Morgan fingerprint density at radius 3 is 2.57 bits per heavy atom. The van der Waals surface area contributed by atoms with Crippen LogP contribution in [0.1, 0.15) is 0 Å². The van der Waals surface area contributed by atoms with Crippen molar-refractivity contribution in [2.24, 2.45) is 0 Å². The molecule has 3 rings (SSSR count). The van der Waals surface area contributed by atoms with Gasteiger partial charge in [0.25, 0.3) is 5.69 Å². The van der Waals surface area contributed by atoms with Crippen molar-refractivity contribution >= 4 is 44.0 Å². The smallest absolute Gasteiger partial charge is 0.270 e. The van der Waals surface area contributed by atoms with Crippen molar-refractivity contribution in [1.82, 2.24) is 9.97 Å². The summed E-state index contributed by atoms with van der Waals surface area (Å²) in [7, 11) is 0. The molecule has 0 radical (unpaired) electrons. The summed E-state index contributed by atoms with van der Waals surface area (Å²) in [6.45, 7) is 0. The van der Waals surface area contributed by atoms with Crippen LogP contribution in [0.25, 0.3) is 10.9 Å². The number of nitrogens with one attached hydrogen (secondary N) is 1. The molecule has 0 atom stereocenters. The lowest BCUT2D eigenvalue weighted by Gasteiger charge is -2.08. The Labute approximate surface area is 128 Å². The summed E-state index contributed by atoms with van der Waals surface area (Å²) in [5.41, 5.74) is 1.50. The van der Waals surface area contributed by atoms with Crippen molar-refractivity contribution in [2.45, 2.75) is 0 Å². The lowest BCUT2D eigenvalue weighted by atomic mass is 10.2. The van der Waals surface area contributed by atoms with Crippen molar-refractivity contribution in [2.75, 3.05) is 5.32 Å². The average molecular weight is 345 g/mol. The normalized spacial score (nSPS) is 10.5. The first-order valence-electron chi connectivity index (χ1n) is 6.05. The highest BCUT2D eigenvalue weighted by Gasteiger charge is 2.10. The Kier molecular flexibility index (Phi) is 3.49. The molecule has 0 bridgehead atoms. The first kappa shape index (κ1) is 13.4. The van der Waals surface area contributed by atoms with Crippen LogP contribution in [0, 0.1) is 10.1 Å². The molecule has 0 aliphatic carbocycles. The second kappa shape index (κ2) is 5.45. The summed E-state index contributed by atoms with van der Waals surface area (Å²) in [4.78, 5) is 18.7. The molecule has 1 N–H and O–H groups in total. The number of nitro groups is 1. The van der Waals surface area contributed by atoms with Gasteiger partial charge in [0, 0.05) is 27.7 Å². The van der Waals surface area contributed by atoms with E-state index in [1.54, 1.807) is 6.07 Å². The van der Waals surface area contributed by atoms with E-state index in [-0.39, 0.29) is 5.69 Å². The van der Waals surface area contributed by atoms with Crippen LogP contribution in [0.15, 0.2) is 53.3 Å². The Hall–Kier alpha value is -2.54. The van der Waals surface area contributed by atoms with Gasteiger partial charge in [-0.2, -0.15) is 0 Å². The molecular weight excluding hydrogens is 336 g/mol. The number of hydrogen-bond acceptors (Lipinski definition) is 5. The van der Waals surface area contributed by atoms with Gasteiger partial charge in [-0.25, -0.2) is 9.97 Å². The van der Waals surface area contributed by atoms with Crippen LogP contribution in [0.5, 0.6) is 0 Å². The summed E-state index contributed by atoms with van der Waals surface area (Å²) in [6.07, 6.45) is 1.43. The standard InChI is InChI=1S/C14H9BrN4O2/c15-9-1-3-10(4-2-9)18-14-12-7-11(19(20)21)5-6-13(12)16-8-17-14/h1-8H,(H,16,17,18). The fraction of sp³-hybridized carbons (Fsp3) is 0. The Bertz CT molecular complexity index is 821. The summed E-state index contributed by atoms with van der Waals surface area (Å²) < 4.78 is 0.969. The third-order valence-corrected chi connectivity index (χ3v) is 3.47. The predicted molar refractivity (Wildman–Crippen MR) is 83.6 cm³/mol. The highest BCUT2D eigenvalue weighted by Crippen LogP contribution is 2.27. The molecule has 0 aliphatic rings. The summed E-state index contributed by atoms with van der Waals surface area (Å²) in [5, 5.41) is 14.6. The lowest BCUT2D eigenvalue weighted by Crippen LogP contribution is -1.97. The van der Waals surface area contributed by atoms with Gasteiger partial charge in [0.05, 0.1) is 10.4 Å². The molecule has 104 valence electrons. The van der Waals surface area contributed by atoms with E-state index in [2.05, 4.69) is 31.2 Å². The zero-order chi connectivity index (χ0) is 14.8. The lowest BCUT2D eigenvalue weighted by molar-refractivity contribution is -0.384. The molecule has 2 aromatic carbocycles. The third kappa shape index (κ3) is 2.82. The molecule has 0 fully saturated rings. The topological polar surface area (TPSA) is 81.0 Å². The fourth-order valence-corrected chi connectivity index (χ4v) is 2.19. The van der Waals surface area contributed by atoms with Gasteiger partial charge in [0.15, 0.2) is 0 Å². The van der Waals surface area contributed by atoms with Crippen molar-refractivity contribution in [3.8, 4) is 0 Å². The molecule has 0 amide bonds. The van der Waals surface area contributed by atoms with Gasteiger partial charge >= 0.3 is 0 Å². The Morgan fingerprint density at radius 2 is 1.86 bits per heavy atom. The van der Waals surface area contributed by atoms with Gasteiger partial charge in [-0.15, -0.1) is 0 Å². The maximum Gasteiger partial charge on any atom is 0.270 e. The molecule has 0 saturated carbocycles. The van der Waals surface area contributed by atoms with Crippen molar-refractivity contribution in [1.29, 1.82) is 0 Å². The van der Waals surface area contributed by atoms with Crippen molar-refractivity contribution in [3.63, 3.8) is 0 Å². The van der Waals surface area contributed by atoms with E-state index in [4.69, 9.17) is 0 Å². The summed E-state index contributed by atoms with van der Waals surface area (Å²) >= 11 is 3.37. The van der Waals surface area contributed by atoms with E-state index in [0.29, 0.717) is 16.7 Å². The number of fused-ring (bicyclic) bond motifs is 1. The quantitative estimate of drug-likeness (QED) is 0.572. The molecule has 7 heteroatoms. The number of hydrogen-bond donors (Lipinski definition) is 1. The van der Waals surface area contributed by atoms with E-state index in [1.165, 1.54) is 18.5 Å². The first-order valence-corrected chi connectivity index (χ1v) is 6.84. The molecule has 1 heterocycles. The number of nitro benzene ring substituents is 1. The van der Waals surface area contributed by atoms with Gasteiger partial charge in [-0.3, -0.25) is 10.1 Å². The molecule has 21 heavy (non-hydrogen) atoms. The SMILES string of the molecule is O=[N+]([O-])c1ccc2ncnc(Nc3ccc(Br)cc3)c2c1. The highest BCUT2D eigenvalue weighted by atomic mass is 79.9. The largest absolute Gasteiger partial charge is 0.340 e. The van der Waals surface area contributed by atoms with E-state index in [9.17, 15) is 10.1 Å². The maximum atomic E-state index is 10.9. The number of anilines is 2.